The van der Waals surface area contributed by atoms with Crippen LogP contribution in [0.15, 0.2) is 80.9 Å². The lowest BCUT2D eigenvalue weighted by Gasteiger charge is -2.04. The van der Waals surface area contributed by atoms with E-state index in [-0.39, 0.29) is 17.6 Å². The van der Waals surface area contributed by atoms with E-state index in [0.717, 1.165) is 10.0 Å². The van der Waals surface area contributed by atoms with Crippen molar-refractivity contribution >= 4 is 39.6 Å². The molecule has 1 aromatic heterocycles. The average Bonchev–Trinajstić information content (AvgIpc) is 3.19. The van der Waals surface area contributed by atoms with Crippen LogP contribution < -0.4 is 10.7 Å². The van der Waals surface area contributed by atoms with Crippen LogP contribution in [-0.2, 0) is 0 Å². The second-order valence-corrected chi connectivity index (χ2v) is 6.18. The minimum absolute atomic E-state index is 0.217. The van der Waals surface area contributed by atoms with E-state index in [0.29, 0.717) is 11.3 Å². The largest absolute Gasteiger partial charge is 0.459 e. The van der Waals surface area contributed by atoms with Crippen molar-refractivity contribution in [2.45, 2.75) is 0 Å². The number of hydrogen-bond donors (Lipinski definition) is 2. The van der Waals surface area contributed by atoms with Gasteiger partial charge in [-0.25, -0.2) is 5.43 Å². The Kier molecular flexibility index (Phi) is 5.60. The van der Waals surface area contributed by atoms with Crippen LogP contribution in [-0.4, -0.2) is 18.0 Å². The van der Waals surface area contributed by atoms with Gasteiger partial charge in [-0.1, -0.05) is 28.1 Å². The molecule has 0 radical (unpaired) electrons. The first-order valence-electron chi connectivity index (χ1n) is 7.66. The maximum absolute atomic E-state index is 12.1. The molecule has 3 aromatic rings. The summed E-state index contributed by atoms with van der Waals surface area (Å²) in [6, 6.07) is 17.2. The van der Waals surface area contributed by atoms with Crippen molar-refractivity contribution in [2.24, 2.45) is 5.10 Å². The molecular formula is C19H14BrN3O3. The number of hydrazone groups is 1. The molecule has 0 bridgehead atoms. The molecule has 2 amide bonds. The molecule has 0 atom stereocenters. The number of furan rings is 1. The average molecular weight is 412 g/mol. The fraction of sp³-hybridized carbons (Fsp3) is 0. The van der Waals surface area contributed by atoms with Gasteiger partial charge in [0.2, 0.25) is 0 Å². The van der Waals surface area contributed by atoms with Crippen LogP contribution in [0.1, 0.15) is 26.5 Å². The zero-order valence-corrected chi connectivity index (χ0v) is 15.1. The smallest absolute Gasteiger partial charge is 0.291 e. The molecule has 0 aliphatic rings. The van der Waals surface area contributed by atoms with Gasteiger partial charge >= 0.3 is 0 Å². The topological polar surface area (TPSA) is 83.7 Å². The second kappa shape index (κ2) is 8.26. The van der Waals surface area contributed by atoms with Crippen LogP contribution in [0, 0.1) is 0 Å². The standard InChI is InChI=1S/C19H14BrN3O3/c20-15-7-3-13(4-8-15)12-21-23-18(24)14-5-9-16(10-6-14)22-19(25)17-2-1-11-26-17/h1-12H,(H,22,25)(H,23,24)/b21-12-. The summed E-state index contributed by atoms with van der Waals surface area (Å²) >= 11 is 3.35. The summed E-state index contributed by atoms with van der Waals surface area (Å²) < 4.78 is 5.99. The molecule has 0 saturated carbocycles. The number of nitrogens with zero attached hydrogens (tertiary/aromatic N) is 1. The highest BCUT2D eigenvalue weighted by Gasteiger charge is 2.09. The highest BCUT2D eigenvalue weighted by molar-refractivity contribution is 9.10. The summed E-state index contributed by atoms with van der Waals surface area (Å²) in [7, 11) is 0. The molecule has 6 nitrogen and oxygen atoms in total. The third kappa shape index (κ3) is 4.67. The quantitative estimate of drug-likeness (QED) is 0.490. The van der Waals surface area contributed by atoms with Crippen molar-refractivity contribution in [2.75, 3.05) is 5.32 Å². The zero-order chi connectivity index (χ0) is 18.4. The summed E-state index contributed by atoms with van der Waals surface area (Å²) in [6.07, 6.45) is 2.99. The summed E-state index contributed by atoms with van der Waals surface area (Å²) in [4.78, 5) is 24.0. The molecule has 2 N–H and O–H groups in total. The fourth-order valence-corrected chi connectivity index (χ4v) is 2.35. The Balaban J connectivity index is 1.56. The highest BCUT2D eigenvalue weighted by atomic mass is 79.9. The minimum Gasteiger partial charge on any atom is -0.459 e. The molecule has 2 aromatic carbocycles. The first-order valence-corrected chi connectivity index (χ1v) is 8.45. The van der Waals surface area contributed by atoms with E-state index < -0.39 is 0 Å². The molecule has 0 saturated heterocycles. The van der Waals surface area contributed by atoms with Crippen molar-refractivity contribution in [3.05, 3.63) is 88.3 Å². The molecule has 0 aliphatic carbocycles. The van der Waals surface area contributed by atoms with Gasteiger partial charge < -0.3 is 9.73 Å². The van der Waals surface area contributed by atoms with Gasteiger partial charge in [-0.2, -0.15) is 5.10 Å². The van der Waals surface area contributed by atoms with Crippen LogP contribution >= 0.6 is 15.9 Å². The molecular weight excluding hydrogens is 398 g/mol. The maximum Gasteiger partial charge on any atom is 0.291 e. The van der Waals surface area contributed by atoms with Crippen molar-refractivity contribution in [1.29, 1.82) is 0 Å². The van der Waals surface area contributed by atoms with Gasteiger partial charge in [-0.15, -0.1) is 0 Å². The van der Waals surface area contributed by atoms with E-state index >= 15 is 0 Å². The first kappa shape index (κ1) is 17.6. The van der Waals surface area contributed by atoms with Crippen LogP contribution in [0.3, 0.4) is 0 Å². The molecule has 7 heteroatoms. The normalized spacial score (nSPS) is 10.7. The number of carbonyl (C=O) groups is 2. The summed E-state index contributed by atoms with van der Waals surface area (Å²) in [5.41, 5.74) is 4.31. The second-order valence-electron chi connectivity index (χ2n) is 5.26. The Labute approximate surface area is 158 Å². The maximum atomic E-state index is 12.1. The Morgan fingerprint density at radius 3 is 2.35 bits per heavy atom. The monoisotopic (exact) mass is 411 g/mol. The lowest BCUT2D eigenvalue weighted by atomic mass is 10.2. The minimum atomic E-state index is -0.355. The van der Waals surface area contributed by atoms with Gasteiger partial charge in [0.1, 0.15) is 0 Å². The lowest BCUT2D eigenvalue weighted by Crippen LogP contribution is -2.17. The molecule has 0 aliphatic heterocycles. The molecule has 0 fully saturated rings. The van der Waals surface area contributed by atoms with E-state index in [2.05, 4.69) is 31.8 Å². The third-order valence-electron chi connectivity index (χ3n) is 3.40. The van der Waals surface area contributed by atoms with E-state index in [1.54, 1.807) is 42.6 Å². The lowest BCUT2D eigenvalue weighted by molar-refractivity contribution is 0.0954. The van der Waals surface area contributed by atoms with E-state index in [4.69, 9.17) is 4.42 Å². The number of halogens is 1. The van der Waals surface area contributed by atoms with Crippen molar-refractivity contribution in [3.63, 3.8) is 0 Å². The summed E-state index contributed by atoms with van der Waals surface area (Å²) in [6.45, 7) is 0. The number of benzene rings is 2. The van der Waals surface area contributed by atoms with Gasteiger partial charge in [-0.05, 0) is 54.1 Å². The Morgan fingerprint density at radius 1 is 0.962 bits per heavy atom. The number of anilines is 1. The molecule has 1 heterocycles. The summed E-state index contributed by atoms with van der Waals surface area (Å²) in [5, 5.41) is 6.61. The van der Waals surface area contributed by atoms with Crippen molar-refractivity contribution in [1.82, 2.24) is 5.43 Å². The molecule has 26 heavy (non-hydrogen) atoms. The van der Waals surface area contributed by atoms with Crippen molar-refractivity contribution < 1.29 is 14.0 Å². The van der Waals surface area contributed by atoms with E-state index in [1.165, 1.54) is 6.26 Å². The van der Waals surface area contributed by atoms with E-state index in [1.807, 2.05) is 24.3 Å². The van der Waals surface area contributed by atoms with Crippen LogP contribution in [0.5, 0.6) is 0 Å². The van der Waals surface area contributed by atoms with Gasteiger partial charge in [0.15, 0.2) is 5.76 Å². The summed E-state index contributed by atoms with van der Waals surface area (Å²) in [5.74, 6) is -0.484. The van der Waals surface area contributed by atoms with Crippen LogP contribution in [0.2, 0.25) is 0 Å². The van der Waals surface area contributed by atoms with Gasteiger partial charge in [-0.3, -0.25) is 9.59 Å². The Bertz CT molecular complexity index is 918. The predicted octanol–water partition coefficient (Wildman–Crippen LogP) is 4.06. The number of nitrogens with one attached hydrogen (secondary N) is 2. The number of hydrogen-bond acceptors (Lipinski definition) is 4. The number of rotatable bonds is 5. The Hall–Kier alpha value is -3.19. The molecule has 130 valence electrons. The third-order valence-corrected chi connectivity index (χ3v) is 3.93. The molecule has 3 rings (SSSR count). The molecule has 0 spiro atoms. The Morgan fingerprint density at radius 2 is 1.69 bits per heavy atom. The zero-order valence-electron chi connectivity index (χ0n) is 13.5. The number of amides is 2. The predicted molar refractivity (Wildman–Crippen MR) is 102 cm³/mol. The molecule has 0 unspecified atom stereocenters. The van der Waals surface area contributed by atoms with E-state index in [9.17, 15) is 9.59 Å². The van der Waals surface area contributed by atoms with Gasteiger partial charge in [0.05, 0.1) is 12.5 Å². The number of carbonyl (C=O) groups excluding carboxylic acids is 2. The van der Waals surface area contributed by atoms with Crippen LogP contribution in [0.25, 0.3) is 0 Å². The van der Waals surface area contributed by atoms with Gasteiger partial charge in [0, 0.05) is 15.7 Å². The van der Waals surface area contributed by atoms with Gasteiger partial charge in [0.25, 0.3) is 11.8 Å². The first-order chi connectivity index (χ1) is 12.6. The highest BCUT2D eigenvalue weighted by Crippen LogP contribution is 2.12. The van der Waals surface area contributed by atoms with Crippen LogP contribution in [0.4, 0.5) is 5.69 Å². The SMILES string of the molecule is O=C(N/N=C\c1ccc(Br)cc1)c1ccc(NC(=O)c2ccco2)cc1. The van der Waals surface area contributed by atoms with Crippen molar-refractivity contribution in [3.8, 4) is 0 Å². The fourth-order valence-electron chi connectivity index (χ4n) is 2.08.